The molecular weight excluding hydrogens is 413 g/mol. The Hall–Kier alpha value is -3.23. The van der Waals surface area contributed by atoms with Gasteiger partial charge in [0.1, 0.15) is 5.82 Å². The van der Waals surface area contributed by atoms with Gasteiger partial charge in [-0.3, -0.25) is 14.4 Å². The summed E-state index contributed by atoms with van der Waals surface area (Å²) in [6.07, 6.45) is 3.81. The number of anilines is 1. The van der Waals surface area contributed by atoms with Crippen LogP contribution in [0.1, 0.15) is 59.8 Å². The monoisotopic (exact) mass is 441 g/mol. The molecule has 2 aliphatic rings. The highest BCUT2D eigenvalue weighted by atomic mass is 19.1. The van der Waals surface area contributed by atoms with Crippen molar-refractivity contribution in [1.82, 2.24) is 20.4 Å². The second-order valence-corrected chi connectivity index (χ2v) is 8.43. The number of hydrogen-bond acceptors (Lipinski definition) is 5. The Morgan fingerprint density at radius 2 is 2.19 bits per heavy atom. The van der Waals surface area contributed by atoms with E-state index in [2.05, 4.69) is 20.8 Å². The summed E-state index contributed by atoms with van der Waals surface area (Å²) in [6, 6.07) is 4.38. The number of aromatic nitrogens is 2. The van der Waals surface area contributed by atoms with Crippen molar-refractivity contribution in [3.8, 4) is 0 Å². The van der Waals surface area contributed by atoms with Crippen molar-refractivity contribution in [2.45, 2.75) is 51.5 Å². The van der Waals surface area contributed by atoms with Crippen LogP contribution in [0.5, 0.6) is 0 Å². The van der Waals surface area contributed by atoms with Crippen molar-refractivity contribution < 1.29 is 14.0 Å². The average Bonchev–Trinajstić information content (AvgIpc) is 3.25. The molecule has 1 fully saturated rings. The molecule has 1 unspecified atom stereocenters. The summed E-state index contributed by atoms with van der Waals surface area (Å²) in [6.45, 7) is 3.55. The number of carbonyl (C=O) groups excluding carboxylic acids is 2. The average molecular weight is 442 g/mol. The fourth-order valence-corrected chi connectivity index (χ4v) is 4.38. The van der Waals surface area contributed by atoms with Gasteiger partial charge >= 0.3 is 0 Å². The Morgan fingerprint density at radius 3 is 3.00 bits per heavy atom. The minimum atomic E-state index is -0.577. The highest BCUT2D eigenvalue weighted by molar-refractivity contribution is 5.95. The summed E-state index contributed by atoms with van der Waals surface area (Å²) in [7, 11) is 0. The molecule has 0 bridgehead atoms. The molecule has 8 nitrogen and oxygen atoms in total. The SMILES string of the molecule is CCCC(=O)NC1CCN(C(=O)c2cc(Cc3n[nH]c(=O)c4c3NCCC4)ccc2F)C1. The number of halogens is 1. The van der Waals surface area contributed by atoms with Crippen LogP contribution in [0.2, 0.25) is 0 Å². The number of H-pyrrole nitrogens is 1. The predicted octanol–water partition coefficient (Wildman–Crippen LogP) is 1.99. The number of amides is 2. The molecular formula is C23H28FN5O3. The largest absolute Gasteiger partial charge is 0.383 e. The summed E-state index contributed by atoms with van der Waals surface area (Å²) < 4.78 is 14.6. The van der Waals surface area contributed by atoms with E-state index in [9.17, 15) is 18.8 Å². The highest BCUT2D eigenvalue weighted by Crippen LogP contribution is 2.25. The predicted molar refractivity (Wildman–Crippen MR) is 118 cm³/mol. The summed E-state index contributed by atoms with van der Waals surface area (Å²) in [5.41, 5.74) is 2.64. The lowest BCUT2D eigenvalue weighted by Crippen LogP contribution is -2.38. The second-order valence-electron chi connectivity index (χ2n) is 8.43. The lowest BCUT2D eigenvalue weighted by Gasteiger charge is -2.20. The molecule has 3 N–H and O–H groups in total. The molecule has 0 spiro atoms. The number of fused-ring (bicyclic) bond motifs is 1. The second kappa shape index (κ2) is 9.50. The quantitative estimate of drug-likeness (QED) is 0.636. The molecule has 2 aromatic rings. The molecule has 0 radical (unpaired) electrons. The zero-order valence-corrected chi connectivity index (χ0v) is 18.2. The minimum Gasteiger partial charge on any atom is -0.383 e. The minimum absolute atomic E-state index is 0.00860. The van der Waals surface area contributed by atoms with Crippen molar-refractivity contribution in [2.24, 2.45) is 0 Å². The van der Waals surface area contributed by atoms with Crippen molar-refractivity contribution in [3.63, 3.8) is 0 Å². The van der Waals surface area contributed by atoms with Gasteiger partial charge in [0.25, 0.3) is 11.5 Å². The van der Waals surface area contributed by atoms with Crippen LogP contribution in [0.4, 0.5) is 10.1 Å². The number of nitrogens with zero attached hydrogens (tertiary/aromatic N) is 2. The molecule has 3 heterocycles. The standard InChI is InChI=1S/C23H28FN5O3/c1-2-4-20(30)26-15-8-10-29(13-15)23(32)17-11-14(6-7-18(17)24)12-19-21-16(5-3-9-25-21)22(31)28-27-19/h6-7,11,15,25H,2-5,8-10,12-13H2,1H3,(H,26,30)(H,28,31). The molecule has 1 saturated heterocycles. The molecule has 1 aromatic carbocycles. The van der Waals surface area contributed by atoms with Gasteiger partial charge in [-0.1, -0.05) is 13.0 Å². The maximum atomic E-state index is 14.6. The van der Waals surface area contributed by atoms with Crippen LogP contribution >= 0.6 is 0 Å². The van der Waals surface area contributed by atoms with Crippen molar-refractivity contribution >= 4 is 17.5 Å². The number of benzene rings is 1. The van der Waals surface area contributed by atoms with Gasteiger partial charge in [0.2, 0.25) is 5.91 Å². The van der Waals surface area contributed by atoms with E-state index >= 15 is 0 Å². The van der Waals surface area contributed by atoms with E-state index in [0.717, 1.165) is 30.6 Å². The Balaban J connectivity index is 1.50. The first kappa shape index (κ1) is 22.0. The van der Waals surface area contributed by atoms with Gasteiger partial charge in [0.05, 0.1) is 16.9 Å². The lowest BCUT2D eigenvalue weighted by atomic mass is 10.00. The van der Waals surface area contributed by atoms with E-state index in [0.29, 0.717) is 50.0 Å². The van der Waals surface area contributed by atoms with Crippen molar-refractivity contribution in [2.75, 3.05) is 25.0 Å². The number of nitrogens with one attached hydrogen (secondary N) is 3. The maximum Gasteiger partial charge on any atom is 0.269 e. The van der Waals surface area contributed by atoms with Crippen LogP contribution in [-0.2, 0) is 17.6 Å². The van der Waals surface area contributed by atoms with Gasteiger partial charge in [0.15, 0.2) is 0 Å². The summed E-state index contributed by atoms with van der Waals surface area (Å²) in [4.78, 5) is 38.5. The van der Waals surface area contributed by atoms with Gasteiger partial charge in [-0.25, -0.2) is 9.49 Å². The molecule has 2 aliphatic heterocycles. The van der Waals surface area contributed by atoms with Crippen LogP contribution in [0.15, 0.2) is 23.0 Å². The Labute approximate surface area is 185 Å². The van der Waals surface area contributed by atoms with Crippen LogP contribution in [0.25, 0.3) is 0 Å². The van der Waals surface area contributed by atoms with Crippen LogP contribution in [-0.4, -0.2) is 52.6 Å². The van der Waals surface area contributed by atoms with E-state index < -0.39 is 5.82 Å². The molecule has 1 aromatic heterocycles. The summed E-state index contributed by atoms with van der Waals surface area (Å²) in [5, 5.41) is 12.9. The number of hydrogen-bond donors (Lipinski definition) is 3. The topological polar surface area (TPSA) is 107 Å². The number of likely N-dealkylation sites (tertiary alicyclic amines) is 1. The Bertz CT molecular complexity index is 1080. The van der Waals surface area contributed by atoms with E-state index in [1.807, 2.05) is 6.92 Å². The third-order valence-corrected chi connectivity index (χ3v) is 6.01. The summed E-state index contributed by atoms with van der Waals surface area (Å²) >= 11 is 0. The summed E-state index contributed by atoms with van der Waals surface area (Å²) in [5.74, 6) is -0.983. The molecule has 9 heteroatoms. The van der Waals surface area contributed by atoms with E-state index in [4.69, 9.17) is 0 Å². The lowest BCUT2D eigenvalue weighted by molar-refractivity contribution is -0.121. The van der Waals surface area contributed by atoms with Crippen molar-refractivity contribution in [3.05, 3.63) is 56.8 Å². The fourth-order valence-electron chi connectivity index (χ4n) is 4.38. The molecule has 170 valence electrons. The van der Waals surface area contributed by atoms with Gasteiger partial charge in [-0.2, -0.15) is 5.10 Å². The number of aromatic amines is 1. The zero-order valence-electron chi connectivity index (χ0n) is 18.2. The molecule has 2 amide bonds. The van der Waals surface area contributed by atoms with E-state index in [1.54, 1.807) is 17.0 Å². The van der Waals surface area contributed by atoms with Crippen LogP contribution < -0.4 is 16.2 Å². The molecule has 32 heavy (non-hydrogen) atoms. The van der Waals surface area contributed by atoms with Gasteiger partial charge in [0, 0.05) is 44.1 Å². The molecule has 1 atom stereocenters. The van der Waals surface area contributed by atoms with Crippen LogP contribution in [0, 0.1) is 5.82 Å². The first-order valence-corrected chi connectivity index (χ1v) is 11.2. The van der Waals surface area contributed by atoms with Gasteiger partial charge in [-0.15, -0.1) is 0 Å². The fraction of sp³-hybridized carbons (Fsp3) is 0.478. The zero-order chi connectivity index (χ0) is 22.7. The first-order valence-electron chi connectivity index (χ1n) is 11.2. The first-order chi connectivity index (χ1) is 15.5. The smallest absolute Gasteiger partial charge is 0.269 e. The number of carbonyl (C=O) groups is 2. The Kier molecular flexibility index (Phi) is 6.53. The third kappa shape index (κ3) is 4.66. The number of rotatable bonds is 6. The highest BCUT2D eigenvalue weighted by Gasteiger charge is 2.29. The molecule has 0 aliphatic carbocycles. The molecule has 4 rings (SSSR count). The van der Waals surface area contributed by atoms with E-state index in [-0.39, 0.29) is 29.0 Å². The maximum absolute atomic E-state index is 14.6. The van der Waals surface area contributed by atoms with Crippen LogP contribution in [0.3, 0.4) is 0 Å². The third-order valence-electron chi connectivity index (χ3n) is 6.01. The van der Waals surface area contributed by atoms with Crippen molar-refractivity contribution in [1.29, 1.82) is 0 Å². The van der Waals surface area contributed by atoms with Gasteiger partial charge < -0.3 is 15.5 Å². The normalized spacial score (nSPS) is 17.6. The van der Waals surface area contributed by atoms with E-state index in [1.165, 1.54) is 6.07 Å². The molecule has 0 saturated carbocycles. The van der Waals surface area contributed by atoms with Gasteiger partial charge in [-0.05, 0) is 43.4 Å². The Morgan fingerprint density at radius 1 is 1.34 bits per heavy atom.